The van der Waals surface area contributed by atoms with Crippen LogP contribution in [0, 0.1) is 5.41 Å². The highest BCUT2D eigenvalue weighted by Crippen LogP contribution is 2.45. The lowest BCUT2D eigenvalue weighted by Crippen LogP contribution is -2.47. The van der Waals surface area contributed by atoms with Crippen LogP contribution in [0.2, 0.25) is 0 Å². The fourth-order valence-electron chi connectivity index (χ4n) is 3.03. The number of benzene rings is 1. The summed E-state index contributed by atoms with van der Waals surface area (Å²) >= 11 is 0. The molecule has 25 heavy (non-hydrogen) atoms. The van der Waals surface area contributed by atoms with Crippen LogP contribution in [0.25, 0.3) is 0 Å². The summed E-state index contributed by atoms with van der Waals surface area (Å²) in [7, 11) is 0. The number of carboxylic acids is 1. The Morgan fingerprint density at radius 3 is 2.28 bits per heavy atom. The van der Waals surface area contributed by atoms with Crippen molar-refractivity contribution in [2.24, 2.45) is 5.41 Å². The van der Waals surface area contributed by atoms with Crippen LogP contribution in [0.4, 0.5) is 13.2 Å². The van der Waals surface area contributed by atoms with Crippen molar-refractivity contribution in [2.45, 2.75) is 45.2 Å². The van der Waals surface area contributed by atoms with E-state index in [2.05, 4.69) is 13.8 Å². The molecule has 1 amide bonds. The number of halogens is 3. The van der Waals surface area contributed by atoms with Crippen molar-refractivity contribution in [1.82, 2.24) is 4.90 Å². The predicted molar refractivity (Wildman–Crippen MR) is 86.2 cm³/mol. The summed E-state index contributed by atoms with van der Waals surface area (Å²) in [5.41, 5.74) is -0.745. The van der Waals surface area contributed by atoms with Gasteiger partial charge in [-0.2, -0.15) is 13.2 Å². The van der Waals surface area contributed by atoms with Gasteiger partial charge in [0.2, 0.25) is 5.91 Å². The maximum absolute atomic E-state index is 13.1. The molecule has 0 saturated carbocycles. The molecule has 1 aromatic carbocycles. The van der Waals surface area contributed by atoms with Gasteiger partial charge in [0.15, 0.2) is 5.41 Å². The molecule has 7 heteroatoms. The molecule has 1 aliphatic rings. The van der Waals surface area contributed by atoms with Crippen LogP contribution in [0.5, 0.6) is 0 Å². The molecule has 1 fully saturated rings. The number of amides is 1. The summed E-state index contributed by atoms with van der Waals surface area (Å²) in [5, 5.41) is 9.02. The van der Waals surface area contributed by atoms with Gasteiger partial charge in [-0.3, -0.25) is 9.59 Å². The molecule has 0 aromatic heterocycles. The monoisotopic (exact) mass is 357 g/mol. The first-order chi connectivity index (χ1) is 11.6. The van der Waals surface area contributed by atoms with E-state index in [1.165, 1.54) is 5.56 Å². The van der Waals surface area contributed by atoms with Crippen molar-refractivity contribution in [3.05, 3.63) is 35.4 Å². The molecule has 1 saturated heterocycles. The second kappa shape index (κ2) is 7.06. The normalized spacial score (nSPS) is 21.0. The number of hydrogen-bond donors (Lipinski definition) is 1. The second-order valence-electron chi connectivity index (χ2n) is 6.85. The maximum Gasteiger partial charge on any atom is 0.406 e. The number of aryl methyl sites for hydroxylation is 1. The first-order valence-electron chi connectivity index (χ1n) is 8.23. The van der Waals surface area contributed by atoms with Crippen molar-refractivity contribution in [3.63, 3.8) is 0 Å². The molecule has 0 bridgehead atoms. The molecule has 0 spiro atoms. The number of aliphatic carboxylic acids is 1. The van der Waals surface area contributed by atoms with Gasteiger partial charge in [0.25, 0.3) is 0 Å². The van der Waals surface area contributed by atoms with Crippen LogP contribution in [0.1, 0.15) is 43.7 Å². The Kier molecular flexibility index (Phi) is 5.44. The Morgan fingerprint density at radius 2 is 1.84 bits per heavy atom. The average molecular weight is 357 g/mol. The lowest BCUT2D eigenvalue weighted by molar-refractivity contribution is -0.227. The summed E-state index contributed by atoms with van der Waals surface area (Å²) in [6.45, 7) is 3.15. The van der Waals surface area contributed by atoms with Gasteiger partial charge in [-0.1, -0.05) is 38.1 Å². The summed E-state index contributed by atoms with van der Waals surface area (Å²) < 4.78 is 39.4. The van der Waals surface area contributed by atoms with Crippen molar-refractivity contribution >= 4 is 11.9 Å². The Morgan fingerprint density at radius 1 is 1.24 bits per heavy atom. The van der Waals surface area contributed by atoms with E-state index < -0.39 is 36.4 Å². The molecule has 138 valence electrons. The second-order valence-corrected chi connectivity index (χ2v) is 6.85. The molecule has 4 nitrogen and oxygen atoms in total. The zero-order chi connectivity index (χ0) is 18.8. The lowest BCUT2D eigenvalue weighted by Gasteiger charge is -2.27. The number of carbonyl (C=O) groups excluding carboxylic acids is 1. The molecule has 0 aliphatic carbocycles. The molecule has 2 rings (SSSR count). The van der Waals surface area contributed by atoms with Crippen LogP contribution in [-0.2, 0) is 16.0 Å². The zero-order valence-electron chi connectivity index (χ0n) is 14.3. The van der Waals surface area contributed by atoms with Crippen molar-refractivity contribution in [2.75, 3.05) is 13.1 Å². The molecular formula is C18H22F3NO3. The highest BCUT2D eigenvalue weighted by atomic mass is 19.4. The van der Waals surface area contributed by atoms with Crippen LogP contribution < -0.4 is 0 Å². The first kappa shape index (κ1) is 19.3. The first-order valence-corrected chi connectivity index (χ1v) is 8.23. The molecule has 0 radical (unpaired) electrons. The van der Waals surface area contributed by atoms with Gasteiger partial charge in [-0.15, -0.1) is 0 Å². The van der Waals surface area contributed by atoms with Gasteiger partial charge in [0.1, 0.15) is 0 Å². The molecule has 1 aliphatic heterocycles. The Bertz CT molecular complexity index is 640. The molecule has 1 atom stereocenters. The van der Waals surface area contributed by atoms with E-state index in [9.17, 15) is 22.8 Å². The van der Waals surface area contributed by atoms with Gasteiger partial charge in [0, 0.05) is 19.5 Å². The SMILES string of the molecule is CC(C)c1ccc(CCC(=O)N2CCC(C(=O)O)(C(F)(F)F)C2)cc1. The molecule has 1 aromatic rings. The number of nitrogens with zero attached hydrogens (tertiary/aromatic N) is 1. The summed E-state index contributed by atoms with van der Waals surface area (Å²) in [4.78, 5) is 24.4. The number of alkyl halides is 3. The van der Waals surface area contributed by atoms with E-state index in [1.54, 1.807) is 0 Å². The third kappa shape index (κ3) is 3.96. The molecular weight excluding hydrogens is 335 g/mol. The Balaban J connectivity index is 1.97. The fourth-order valence-corrected chi connectivity index (χ4v) is 3.03. The highest BCUT2D eigenvalue weighted by Gasteiger charge is 2.64. The fraction of sp³-hybridized carbons (Fsp3) is 0.556. The largest absolute Gasteiger partial charge is 0.481 e. The van der Waals surface area contributed by atoms with Gasteiger partial charge < -0.3 is 10.0 Å². The predicted octanol–water partition coefficient (Wildman–Crippen LogP) is 3.61. The zero-order valence-corrected chi connectivity index (χ0v) is 14.3. The Labute approximate surface area is 144 Å². The summed E-state index contributed by atoms with van der Waals surface area (Å²) in [5.74, 6) is -1.97. The minimum Gasteiger partial charge on any atom is -0.481 e. The number of rotatable bonds is 5. The Hall–Kier alpha value is -2.05. The smallest absolute Gasteiger partial charge is 0.406 e. The minimum atomic E-state index is -4.87. The van der Waals surface area contributed by atoms with E-state index in [-0.39, 0.29) is 13.0 Å². The standard InChI is InChI=1S/C18H22F3NO3/c1-12(2)14-6-3-13(4-7-14)5-8-15(23)22-10-9-17(11-22,16(24)25)18(19,20)21/h3-4,6-7,12H,5,8-11H2,1-2H3,(H,24,25). The number of hydrogen-bond acceptors (Lipinski definition) is 2. The van der Waals surface area contributed by atoms with Gasteiger partial charge >= 0.3 is 12.1 Å². The van der Waals surface area contributed by atoms with Gasteiger partial charge in [-0.05, 0) is 29.9 Å². The third-order valence-electron chi connectivity index (χ3n) is 4.85. The highest BCUT2D eigenvalue weighted by molar-refractivity contribution is 5.81. The quantitative estimate of drug-likeness (QED) is 0.876. The minimum absolute atomic E-state index is 0.0641. The maximum atomic E-state index is 13.1. The lowest BCUT2D eigenvalue weighted by atomic mass is 9.86. The number of likely N-dealkylation sites (tertiary alicyclic amines) is 1. The summed E-state index contributed by atoms with van der Waals surface area (Å²) in [6, 6.07) is 7.76. The van der Waals surface area contributed by atoms with Crippen LogP contribution in [0.3, 0.4) is 0 Å². The van der Waals surface area contributed by atoms with E-state index in [1.807, 2.05) is 24.3 Å². The van der Waals surface area contributed by atoms with Crippen LogP contribution >= 0.6 is 0 Å². The van der Waals surface area contributed by atoms with Gasteiger partial charge in [0.05, 0.1) is 0 Å². The third-order valence-corrected chi connectivity index (χ3v) is 4.85. The van der Waals surface area contributed by atoms with Crippen molar-refractivity contribution in [1.29, 1.82) is 0 Å². The molecule has 1 heterocycles. The van der Waals surface area contributed by atoms with Crippen molar-refractivity contribution < 1.29 is 27.9 Å². The van der Waals surface area contributed by atoms with Crippen LogP contribution in [-0.4, -0.2) is 41.1 Å². The van der Waals surface area contributed by atoms with Gasteiger partial charge in [-0.25, -0.2) is 0 Å². The average Bonchev–Trinajstić information content (AvgIpc) is 2.99. The van der Waals surface area contributed by atoms with E-state index in [4.69, 9.17) is 5.11 Å². The van der Waals surface area contributed by atoms with E-state index >= 15 is 0 Å². The molecule has 1 N–H and O–H groups in total. The van der Waals surface area contributed by atoms with E-state index in [0.717, 1.165) is 10.5 Å². The molecule has 1 unspecified atom stereocenters. The van der Waals surface area contributed by atoms with Crippen LogP contribution in [0.15, 0.2) is 24.3 Å². The van der Waals surface area contributed by atoms with Crippen molar-refractivity contribution in [3.8, 4) is 0 Å². The topological polar surface area (TPSA) is 57.6 Å². The summed E-state index contributed by atoms with van der Waals surface area (Å²) in [6.07, 6.45) is -4.99. The number of carbonyl (C=O) groups is 2. The van der Waals surface area contributed by atoms with E-state index in [0.29, 0.717) is 12.3 Å². The number of carboxylic acid groups (broad SMARTS) is 1.